The van der Waals surface area contributed by atoms with E-state index in [2.05, 4.69) is 51.6 Å². The maximum Gasteiger partial charge on any atom is 0.125 e. The Morgan fingerprint density at radius 3 is 2.55 bits per heavy atom. The molecule has 1 nitrogen and oxygen atoms in total. The molecule has 0 atom stereocenters. The van der Waals surface area contributed by atoms with Gasteiger partial charge in [-0.15, -0.1) is 0 Å². The Labute approximate surface area is 125 Å². The zero-order valence-corrected chi connectivity index (χ0v) is 12.3. The normalized spacial score (nSPS) is 10.7. The highest BCUT2D eigenvalue weighted by Crippen LogP contribution is 2.24. The summed E-state index contributed by atoms with van der Waals surface area (Å²) < 4.78 is 14.1. The molecule has 0 aliphatic rings. The molecule has 0 spiro atoms. The van der Waals surface area contributed by atoms with E-state index in [9.17, 15) is 4.39 Å². The average molecular weight is 330 g/mol. The van der Waals surface area contributed by atoms with Crippen molar-refractivity contribution in [2.45, 2.75) is 6.54 Å². The zero-order chi connectivity index (χ0) is 13.9. The van der Waals surface area contributed by atoms with Gasteiger partial charge in [0.1, 0.15) is 5.82 Å². The molecule has 0 saturated heterocycles. The fourth-order valence-electron chi connectivity index (χ4n) is 2.18. The number of halogens is 2. The molecular weight excluding hydrogens is 317 g/mol. The lowest BCUT2D eigenvalue weighted by Crippen LogP contribution is -2.00. The van der Waals surface area contributed by atoms with E-state index in [1.165, 1.54) is 28.5 Å². The zero-order valence-electron chi connectivity index (χ0n) is 10.7. The van der Waals surface area contributed by atoms with Crippen LogP contribution in [0.2, 0.25) is 0 Å². The monoisotopic (exact) mass is 329 g/mol. The Hall–Kier alpha value is -1.87. The van der Waals surface area contributed by atoms with Crippen molar-refractivity contribution in [2.24, 2.45) is 0 Å². The number of hydrogen-bond donors (Lipinski definition) is 1. The minimum absolute atomic E-state index is 0.241. The largest absolute Gasteiger partial charge is 0.380 e. The molecule has 0 radical (unpaired) electrons. The van der Waals surface area contributed by atoms with Gasteiger partial charge in [-0.05, 0) is 56.5 Å². The number of fused-ring (bicyclic) bond motifs is 1. The Bertz CT molecular complexity index is 755. The van der Waals surface area contributed by atoms with Gasteiger partial charge in [-0.1, -0.05) is 36.4 Å². The van der Waals surface area contributed by atoms with Crippen LogP contribution in [0.1, 0.15) is 5.56 Å². The van der Waals surface area contributed by atoms with Gasteiger partial charge in [0.15, 0.2) is 0 Å². The molecule has 0 saturated carbocycles. The molecule has 3 aromatic carbocycles. The van der Waals surface area contributed by atoms with Gasteiger partial charge >= 0.3 is 0 Å². The van der Waals surface area contributed by atoms with Crippen LogP contribution in [0.25, 0.3) is 10.8 Å². The number of benzene rings is 3. The molecule has 100 valence electrons. The molecule has 3 aromatic rings. The molecule has 0 aliphatic heterocycles. The van der Waals surface area contributed by atoms with Gasteiger partial charge in [0.2, 0.25) is 0 Å². The first-order valence-corrected chi connectivity index (χ1v) is 7.18. The van der Waals surface area contributed by atoms with Crippen molar-refractivity contribution in [3.63, 3.8) is 0 Å². The molecule has 0 amide bonds. The minimum atomic E-state index is -0.241. The van der Waals surface area contributed by atoms with Crippen LogP contribution in [-0.4, -0.2) is 0 Å². The van der Waals surface area contributed by atoms with E-state index in [-0.39, 0.29) is 5.82 Å². The van der Waals surface area contributed by atoms with Gasteiger partial charge in [0, 0.05) is 11.0 Å². The molecule has 1 N–H and O–H groups in total. The molecule has 3 heteroatoms. The Kier molecular flexibility index (Phi) is 3.70. The molecule has 0 fully saturated rings. The molecule has 3 rings (SSSR count). The third-order valence-corrected chi connectivity index (χ3v) is 3.92. The first-order chi connectivity index (χ1) is 9.72. The molecule has 0 aromatic heterocycles. The Morgan fingerprint density at radius 1 is 0.900 bits per heavy atom. The molecule has 0 unspecified atom stereocenters. The first kappa shape index (κ1) is 13.1. The lowest BCUT2D eigenvalue weighted by atomic mass is 10.1. The van der Waals surface area contributed by atoms with Crippen molar-refractivity contribution < 1.29 is 4.39 Å². The van der Waals surface area contributed by atoms with Gasteiger partial charge in [-0.3, -0.25) is 0 Å². The van der Waals surface area contributed by atoms with Crippen molar-refractivity contribution >= 4 is 32.4 Å². The van der Waals surface area contributed by atoms with E-state index < -0.39 is 0 Å². The fraction of sp³-hybridized carbons (Fsp3) is 0.0588. The van der Waals surface area contributed by atoms with E-state index in [0.717, 1.165) is 10.2 Å². The second kappa shape index (κ2) is 5.63. The van der Waals surface area contributed by atoms with Crippen LogP contribution in [0.5, 0.6) is 0 Å². The number of anilines is 1. The third-order valence-electron chi connectivity index (χ3n) is 3.23. The molecule has 0 bridgehead atoms. The predicted molar refractivity (Wildman–Crippen MR) is 85.4 cm³/mol. The van der Waals surface area contributed by atoms with Crippen molar-refractivity contribution in [2.75, 3.05) is 5.32 Å². The topological polar surface area (TPSA) is 12.0 Å². The standard InChI is InChI=1S/C17H13BrFN/c18-16-8-7-15(19)10-17(16)20-11-12-5-6-13-3-1-2-4-14(13)9-12/h1-10,20H,11H2. The average Bonchev–Trinajstić information content (AvgIpc) is 2.48. The summed E-state index contributed by atoms with van der Waals surface area (Å²) in [6.45, 7) is 0.660. The van der Waals surface area contributed by atoms with E-state index in [1.807, 2.05) is 12.1 Å². The number of rotatable bonds is 3. The van der Waals surface area contributed by atoms with Crippen molar-refractivity contribution in [3.05, 3.63) is 76.5 Å². The number of hydrogen-bond acceptors (Lipinski definition) is 1. The molecule has 20 heavy (non-hydrogen) atoms. The van der Waals surface area contributed by atoms with E-state index in [1.54, 1.807) is 6.07 Å². The smallest absolute Gasteiger partial charge is 0.125 e. The summed E-state index contributed by atoms with van der Waals surface area (Å²) in [6, 6.07) is 19.2. The van der Waals surface area contributed by atoms with Crippen LogP contribution in [0.15, 0.2) is 65.1 Å². The summed E-state index contributed by atoms with van der Waals surface area (Å²) in [5, 5.41) is 5.69. The highest BCUT2D eigenvalue weighted by molar-refractivity contribution is 9.10. The van der Waals surface area contributed by atoms with E-state index >= 15 is 0 Å². The highest BCUT2D eigenvalue weighted by Gasteiger charge is 2.02. The van der Waals surface area contributed by atoms with Gasteiger partial charge < -0.3 is 5.32 Å². The molecular formula is C17H13BrFN. The second-order valence-corrected chi connectivity index (χ2v) is 5.51. The summed E-state index contributed by atoms with van der Waals surface area (Å²) in [5.41, 5.74) is 1.93. The van der Waals surface area contributed by atoms with Gasteiger partial charge in [0.25, 0.3) is 0 Å². The molecule has 0 heterocycles. The Morgan fingerprint density at radius 2 is 1.70 bits per heavy atom. The fourth-order valence-corrected chi connectivity index (χ4v) is 2.57. The quantitative estimate of drug-likeness (QED) is 0.682. The first-order valence-electron chi connectivity index (χ1n) is 6.39. The summed E-state index contributed by atoms with van der Waals surface area (Å²) >= 11 is 3.41. The van der Waals surface area contributed by atoms with Gasteiger partial charge in [-0.25, -0.2) is 4.39 Å². The maximum absolute atomic E-state index is 13.2. The maximum atomic E-state index is 13.2. The van der Waals surface area contributed by atoms with Crippen LogP contribution >= 0.6 is 15.9 Å². The van der Waals surface area contributed by atoms with Gasteiger partial charge in [0.05, 0.1) is 5.69 Å². The van der Waals surface area contributed by atoms with Crippen LogP contribution in [0.3, 0.4) is 0 Å². The molecule has 0 aliphatic carbocycles. The Balaban J connectivity index is 1.81. The predicted octanol–water partition coefficient (Wildman–Crippen LogP) is 5.35. The van der Waals surface area contributed by atoms with Crippen LogP contribution in [-0.2, 0) is 6.54 Å². The van der Waals surface area contributed by atoms with Crippen LogP contribution < -0.4 is 5.32 Å². The lowest BCUT2D eigenvalue weighted by Gasteiger charge is -2.09. The van der Waals surface area contributed by atoms with Gasteiger partial charge in [-0.2, -0.15) is 0 Å². The van der Waals surface area contributed by atoms with Crippen molar-refractivity contribution in [3.8, 4) is 0 Å². The number of nitrogens with one attached hydrogen (secondary N) is 1. The minimum Gasteiger partial charge on any atom is -0.380 e. The summed E-state index contributed by atoms with van der Waals surface area (Å²) in [4.78, 5) is 0. The van der Waals surface area contributed by atoms with Crippen LogP contribution in [0.4, 0.5) is 10.1 Å². The summed E-state index contributed by atoms with van der Waals surface area (Å²) in [5.74, 6) is -0.241. The van der Waals surface area contributed by atoms with Crippen molar-refractivity contribution in [1.29, 1.82) is 0 Å². The van der Waals surface area contributed by atoms with E-state index in [4.69, 9.17) is 0 Å². The second-order valence-electron chi connectivity index (χ2n) is 4.66. The van der Waals surface area contributed by atoms with E-state index in [0.29, 0.717) is 6.54 Å². The summed E-state index contributed by atoms with van der Waals surface area (Å²) in [7, 11) is 0. The SMILES string of the molecule is Fc1ccc(Br)c(NCc2ccc3ccccc3c2)c1. The third kappa shape index (κ3) is 2.83. The highest BCUT2D eigenvalue weighted by atomic mass is 79.9. The van der Waals surface area contributed by atoms with Crippen LogP contribution in [0, 0.1) is 5.82 Å². The summed E-state index contributed by atoms with van der Waals surface area (Å²) in [6.07, 6.45) is 0. The van der Waals surface area contributed by atoms with Crippen molar-refractivity contribution in [1.82, 2.24) is 0 Å². The lowest BCUT2D eigenvalue weighted by molar-refractivity contribution is 0.628.